The largest absolute Gasteiger partial charge is 0.493 e. The second-order valence-corrected chi connectivity index (χ2v) is 9.21. The van der Waals surface area contributed by atoms with Crippen LogP contribution in [-0.2, 0) is 14.6 Å². The van der Waals surface area contributed by atoms with E-state index in [1.807, 2.05) is 13.8 Å². The summed E-state index contributed by atoms with van der Waals surface area (Å²) in [5, 5.41) is -0.460. The smallest absolute Gasteiger partial charge is 0.246 e. The van der Waals surface area contributed by atoms with Gasteiger partial charge in [-0.25, -0.2) is 8.42 Å². The van der Waals surface area contributed by atoms with Gasteiger partial charge in [-0.15, -0.1) is 0 Å². The first-order valence-electron chi connectivity index (χ1n) is 8.70. The van der Waals surface area contributed by atoms with Crippen LogP contribution in [0.2, 0.25) is 0 Å². The summed E-state index contributed by atoms with van der Waals surface area (Å²) in [6, 6.07) is 3.47. The molecule has 0 unspecified atom stereocenters. The first-order chi connectivity index (χ1) is 12.7. The van der Waals surface area contributed by atoms with Crippen LogP contribution in [0.1, 0.15) is 19.4 Å². The molecular formula is C19H27NO6S. The molecule has 0 atom stereocenters. The quantitative estimate of drug-likeness (QED) is 0.624. The van der Waals surface area contributed by atoms with Gasteiger partial charge >= 0.3 is 0 Å². The van der Waals surface area contributed by atoms with Crippen LogP contribution in [0.5, 0.6) is 17.2 Å². The third-order valence-corrected chi connectivity index (χ3v) is 6.78. The lowest BCUT2D eigenvalue weighted by atomic mass is 10.1. The van der Waals surface area contributed by atoms with Gasteiger partial charge in [-0.3, -0.25) is 4.79 Å². The number of carbonyl (C=O) groups excluding carboxylic acids is 1. The SMILES string of the molecule is COc1cc(C=CC(=O)N2CC(S(=O)(=O)CC(C)C)C2)cc(OC)c1OC. The van der Waals surface area contributed by atoms with E-state index in [0.717, 1.165) is 0 Å². The topological polar surface area (TPSA) is 82.1 Å². The van der Waals surface area contributed by atoms with E-state index in [9.17, 15) is 13.2 Å². The average Bonchev–Trinajstić information content (AvgIpc) is 2.55. The molecule has 7 nitrogen and oxygen atoms in total. The molecule has 1 aliphatic rings. The second kappa shape index (κ2) is 8.65. The van der Waals surface area contributed by atoms with Crippen molar-refractivity contribution in [2.24, 2.45) is 5.92 Å². The Morgan fingerprint density at radius 2 is 1.70 bits per heavy atom. The number of sulfone groups is 1. The van der Waals surface area contributed by atoms with Crippen LogP contribution in [0.4, 0.5) is 0 Å². The summed E-state index contributed by atoms with van der Waals surface area (Å²) in [6.45, 7) is 4.24. The van der Waals surface area contributed by atoms with Crippen LogP contribution in [-0.4, -0.2) is 64.6 Å². The van der Waals surface area contributed by atoms with Crippen molar-refractivity contribution in [3.8, 4) is 17.2 Å². The first-order valence-corrected chi connectivity index (χ1v) is 10.4. The predicted octanol–water partition coefficient (Wildman–Crippen LogP) is 2.01. The Labute approximate surface area is 160 Å². The highest BCUT2D eigenvalue weighted by molar-refractivity contribution is 7.92. The van der Waals surface area contributed by atoms with E-state index in [1.54, 1.807) is 18.2 Å². The van der Waals surface area contributed by atoms with Crippen molar-refractivity contribution in [3.05, 3.63) is 23.8 Å². The number of likely N-dealkylation sites (tertiary alicyclic amines) is 1. The summed E-state index contributed by atoms with van der Waals surface area (Å²) < 4.78 is 40.2. The lowest BCUT2D eigenvalue weighted by molar-refractivity contribution is -0.128. The van der Waals surface area contributed by atoms with Crippen molar-refractivity contribution >= 4 is 21.8 Å². The molecule has 1 aliphatic heterocycles. The minimum Gasteiger partial charge on any atom is -0.493 e. The molecule has 1 heterocycles. The second-order valence-electron chi connectivity index (χ2n) is 6.88. The molecular weight excluding hydrogens is 370 g/mol. The molecule has 0 aromatic heterocycles. The normalized spacial score (nSPS) is 15.1. The van der Waals surface area contributed by atoms with Crippen molar-refractivity contribution in [1.29, 1.82) is 0 Å². The van der Waals surface area contributed by atoms with Crippen LogP contribution in [0.25, 0.3) is 6.08 Å². The van der Waals surface area contributed by atoms with Gasteiger partial charge in [-0.1, -0.05) is 13.8 Å². The van der Waals surface area contributed by atoms with E-state index in [2.05, 4.69) is 0 Å². The molecule has 0 spiro atoms. The minimum atomic E-state index is -3.15. The maximum Gasteiger partial charge on any atom is 0.246 e. The zero-order valence-corrected chi connectivity index (χ0v) is 17.2. The molecule has 1 fully saturated rings. The number of nitrogens with zero attached hydrogens (tertiary/aromatic N) is 1. The fraction of sp³-hybridized carbons (Fsp3) is 0.526. The number of benzene rings is 1. The fourth-order valence-corrected chi connectivity index (χ4v) is 4.93. The molecule has 0 N–H and O–H groups in total. The molecule has 1 amide bonds. The van der Waals surface area contributed by atoms with Crippen molar-refractivity contribution in [3.63, 3.8) is 0 Å². The summed E-state index contributed by atoms with van der Waals surface area (Å²) in [5.41, 5.74) is 0.711. The Morgan fingerprint density at radius 1 is 1.15 bits per heavy atom. The predicted molar refractivity (Wildman–Crippen MR) is 104 cm³/mol. The zero-order valence-electron chi connectivity index (χ0n) is 16.4. The van der Waals surface area contributed by atoms with E-state index >= 15 is 0 Å². The molecule has 150 valence electrons. The first kappa shape index (κ1) is 21.1. The van der Waals surface area contributed by atoms with Crippen LogP contribution in [0, 0.1) is 5.92 Å². The highest BCUT2D eigenvalue weighted by Gasteiger charge is 2.38. The lowest BCUT2D eigenvalue weighted by Crippen LogP contribution is -2.57. The Bertz CT molecular complexity index is 784. The fourth-order valence-electron chi connectivity index (χ4n) is 2.92. The number of amides is 1. The summed E-state index contributed by atoms with van der Waals surface area (Å²) in [5.74, 6) is 1.48. The Kier molecular flexibility index (Phi) is 6.75. The third kappa shape index (κ3) is 4.94. The Hall–Kier alpha value is -2.22. The third-order valence-electron chi connectivity index (χ3n) is 4.34. The number of methoxy groups -OCH3 is 3. The molecule has 0 saturated carbocycles. The van der Waals surface area contributed by atoms with Gasteiger partial charge in [0.05, 0.1) is 32.3 Å². The van der Waals surface area contributed by atoms with Crippen molar-refractivity contribution in [2.75, 3.05) is 40.2 Å². The maximum atomic E-state index is 12.3. The van der Waals surface area contributed by atoms with E-state index in [1.165, 1.54) is 32.3 Å². The summed E-state index contributed by atoms with van der Waals surface area (Å²) >= 11 is 0. The molecule has 0 aliphatic carbocycles. The number of rotatable bonds is 8. The van der Waals surface area contributed by atoms with Gasteiger partial charge in [-0.05, 0) is 29.7 Å². The van der Waals surface area contributed by atoms with Crippen molar-refractivity contribution in [1.82, 2.24) is 4.90 Å². The molecule has 8 heteroatoms. The van der Waals surface area contributed by atoms with Crippen LogP contribution >= 0.6 is 0 Å². The Morgan fingerprint density at radius 3 is 2.15 bits per heavy atom. The van der Waals surface area contributed by atoms with Gasteiger partial charge in [0.1, 0.15) is 0 Å². The van der Waals surface area contributed by atoms with Crippen LogP contribution < -0.4 is 14.2 Å². The van der Waals surface area contributed by atoms with Crippen LogP contribution in [0.15, 0.2) is 18.2 Å². The van der Waals surface area contributed by atoms with E-state index in [4.69, 9.17) is 14.2 Å². The molecule has 0 radical (unpaired) electrons. The highest BCUT2D eigenvalue weighted by atomic mass is 32.2. The number of hydrogen-bond acceptors (Lipinski definition) is 6. The maximum absolute atomic E-state index is 12.3. The van der Waals surface area contributed by atoms with Crippen molar-refractivity contribution in [2.45, 2.75) is 19.1 Å². The number of carbonyl (C=O) groups is 1. The number of hydrogen-bond donors (Lipinski definition) is 0. The molecule has 27 heavy (non-hydrogen) atoms. The van der Waals surface area contributed by atoms with Gasteiger partial charge in [-0.2, -0.15) is 0 Å². The monoisotopic (exact) mass is 397 g/mol. The summed E-state index contributed by atoms with van der Waals surface area (Å²) in [4.78, 5) is 13.8. The highest BCUT2D eigenvalue weighted by Crippen LogP contribution is 2.38. The van der Waals surface area contributed by atoms with Gasteiger partial charge in [0.15, 0.2) is 21.3 Å². The van der Waals surface area contributed by atoms with Gasteiger partial charge < -0.3 is 19.1 Å². The van der Waals surface area contributed by atoms with E-state index in [-0.39, 0.29) is 30.7 Å². The van der Waals surface area contributed by atoms with E-state index < -0.39 is 15.1 Å². The van der Waals surface area contributed by atoms with Crippen LogP contribution in [0.3, 0.4) is 0 Å². The zero-order chi connectivity index (χ0) is 20.2. The number of ether oxygens (including phenoxy) is 3. The minimum absolute atomic E-state index is 0.0830. The molecule has 1 aromatic carbocycles. The average molecular weight is 397 g/mol. The standard InChI is InChI=1S/C19H27NO6S/c1-13(2)12-27(22,23)15-10-20(11-15)18(21)7-6-14-8-16(24-3)19(26-5)17(9-14)25-4/h6-9,13,15H,10-12H2,1-5H3. The summed E-state index contributed by atoms with van der Waals surface area (Å²) in [7, 11) is 1.42. The molecule has 2 rings (SSSR count). The van der Waals surface area contributed by atoms with Gasteiger partial charge in [0.2, 0.25) is 11.7 Å². The molecule has 1 aromatic rings. The van der Waals surface area contributed by atoms with Crippen molar-refractivity contribution < 1.29 is 27.4 Å². The molecule has 0 bridgehead atoms. The summed E-state index contributed by atoms with van der Waals surface area (Å²) in [6.07, 6.45) is 3.06. The van der Waals surface area contributed by atoms with E-state index in [0.29, 0.717) is 22.8 Å². The van der Waals surface area contributed by atoms with Gasteiger partial charge in [0, 0.05) is 19.2 Å². The van der Waals surface area contributed by atoms with Gasteiger partial charge in [0.25, 0.3) is 0 Å². The lowest BCUT2D eigenvalue weighted by Gasteiger charge is -2.38. The molecule has 1 saturated heterocycles. The Balaban J connectivity index is 2.04.